The van der Waals surface area contributed by atoms with Crippen LogP contribution in [0.1, 0.15) is 59.3 Å². The normalized spacial score (nSPS) is 13.9. The number of rotatable bonds is 32. The van der Waals surface area contributed by atoms with Crippen molar-refractivity contribution in [2.45, 2.75) is 95.7 Å². The number of hydrogen-bond donors (Lipinski definition) is 15. The van der Waals surface area contributed by atoms with Crippen molar-refractivity contribution in [2.75, 3.05) is 57.7 Å². The molecule has 0 saturated carbocycles. The van der Waals surface area contributed by atoms with Gasteiger partial charge in [0.25, 0.3) is 0 Å². The average molecular weight is 1060 g/mol. The maximum absolute atomic E-state index is 12.5. The largest absolute Gasteiger partial charge is 0.480 e. The van der Waals surface area contributed by atoms with E-state index in [1.54, 1.807) is 40.3 Å². The van der Waals surface area contributed by atoms with Gasteiger partial charge in [-0.3, -0.25) is 33.6 Å². The number of ketones is 1. The van der Waals surface area contributed by atoms with Gasteiger partial charge in [-0.2, -0.15) is 33.1 Å². The fourth-order valence-electron chi connectivity index (χ4n) is 4.93. The highest BCUT2D eigenvalue weighted by Gasteiger charge is 2.31. The van der Waals surface area contributed by atoms with E-state index in [1.807, 2.05) is 0 Å². The van der Waals surface area contributed by atoms with E-state index in [4.69, 9.17) is 45.3 Å². The minimum absolute atomic E-state index is 0.0253. The van der Waals surface area contributed by atoms with E-state index in [-0.39, 0.29) is 55.2 Å². The lowest BCUT2D eigenvalue weighted by molar-refractivity contribution is -0.192. The average Bonchev–Trinajstić information content (AvgIpc) is 3.31. The third-order valence-corrected chi connectivity index (χ3v) is 10.6. The predicted octanol–water partition coefficient (Wildman–Crippen LogP) is -4.92. The van der Waals surface area contributed by atoms with Crippen molar-refractivity contribution in [3.8, 4) is 0 Å². The monoisotopic (exact) mass is 1060 g/mol. The van der Waals surface area contributed by atoms with Gasteiger partial charge in [0.1, 0.15) is 17.9 Å². The molecule has 31 heteroatoms. The van der Waals surface area contributed by atoms with Crippen LogP contribution in [0.2, 0.25) is 0 Å². The van der Waals surface area contributed by atoms with Crippen LogP contribution in [-0.4, -0.2) is 212 Å². The summed E-state index contributed by atoms with van der Waals surface area (Å²) in [5.74, 6) is -12.5. The highest BCUT2D eigenvalue weighted by molar-refractivity contribution is 7.98. The molecule has 0 aromatic rings. The lowest BCUT2D eigenvalue weighted by Crippen LogP contribution is -2.47. The maximum atomic E-state index is 12.5. The predicted molar refractivity (Wildman–Crippen MR) is 248 cm³/mol. The highest BCUT2D eigenvalue weighted by atomic mass is 32.2. The molecule has 0 heterocycles. The Morgan fingerprint density at radius 2 is 0.789 bits per heavy atom. The van der Waals surface area contributed by atoms with E-state index in [9.17, 15) is 62.6 Å². The summed E-state index contributed by atoms with van der Waals surface area (Å²) in [5.41, 5.74) is 0. The third kappa shape index (κ3) is 35.5. The number of aliphatic carboxylic acids is 5. The Hall–Kier alpha value is -6.24. The van der Waals surface area contributed by atoms with Crippen molar-refractivity contribution >= 4 is 101 Å². The Bertz CT molecular complexity index is 1790. The van der Waals surface area contributed by atoms with E-state index in [2.05, 4.69) is 37.2 Å². The van der Waals surface area contributed by atoms with E-state index in [0.717, 1.165) is 0 Å². The van der Waals surface area contributed by atoms with E-state index in [1.165, 1.54) is 30.6 Å². The van der Waals surface area contributed by atoms with Gasteiger partial charge in [-0.15, -0.1) is 0 Å². The van der Waals surface area contributed by atoms with Crippen LogP contribution in [0.4, 0.5) is 0 Å². The molecule has 406 valence electrons. The number of aliphatic hydroxyl groups is 3. The second kappa shape index (κ2) is 41.5. The van der Waals surface area contributed by atoms with Gasteiger partial charge in [0.15, 0.2) is 18.3 Å². The molecule has 0 rings (SSSR count). The van der Waals surface area contributed by atoms with E-state index >= 15 is 0 Å². The lowest BCUT2D eigenvalue weighted by Gasteiger charge is -2.21. The van der Waals surface area contributed by atoms with Crippen LogP contribution in [-0.2, 0) is 67.1 Å². The van der Waals surface area contributed by atoms with Crippen LogP contribution < -0.4 is 37.2 Å². The molecule has 0 bridgehead atoms. The van der Waals surface area contributed by atoms with Crippen molar-refractivity contribution in [2.24, 2.45) is 17.8 Å². The van der Waals surface area contributed by atoms with E-state index in [0.29, 0.717) is 12.8 Å². The molecule has 71 heavy (non-hydrogen) atoms. The van der Waals surface area contributed by atoms with Crippen molar-refractivity contribution in [1.82, 2.24) is 37.2 Å². The zero-order valence-corrected chi connectivity index (χ0v) is 41.7. The van der Waals surface area contributed by atoms with Crippen LogP contribution in [0.25, 0.3) is 0 Å². The number of aliphatic hydroxyl groups excluding tert-OH is 3. The molecule has 0 fully saturated rings. The van der Waals surface area contributed by atoms with Gasteiger partial charge < -0.3 is 78.1 Å². The van der Waals surface area contributed by atoms with Crippen LogP contribution in [0.5, 0.6) is 0 Å². The molecule has 0 spiro atoms. The molecule has 0 aromatic heterocycles. The van der Waals surface area contributed by atoms with E-state index < -0.39 is 133 Å². The number of likely N-dealkylation sites (N-methyl/N-ethyl adjacent to an activating group) is 1. The van der Waals surface area contributed by atoms with Crippen molar-refractivity contribution in [3.63, 3.8) is 0 Å². The minimum Gasteiger partial charge on any atom is -0.480 e. The Balaban J connectivity index is -0.000000473. The van der Waals surface area contributed by atoms with Crippen LogP contribution in [0, 0.1) is 17.8 Å². The number of hydrogen-bond acceptors (Lipinski definition) is 20. The quantitative estimate of drug-likeness (QED) is 0.0300. The van der Waals surface area contributed by atoms with Gasteiger partial charge in [-0.05, 0) is 39.3 Å². The Morgan fingerprint density at radius 1 is 0.493 bits per heavy atom. The summed E-state index contributed by atoms with van der Waals surface area (Å²) in [6.07, 6.45) is -1.73. The number of amides is 6. The first-order valence-corrected chi connectivity index (χ1v) is 23.9. The summed E-state index contributed by atoms with van der Waals surface area (Å²) in [7, 11) is 3.04. The minimum atomic E-state index is -1.81. The zero-order valence-electron chi connectivity index (χ0n) is 40.1. The van der Waals surface area contributed by atoms with Crippen LogP contribution in [0.3, 0.4) is 0 Å². The number of nitrogens with one attached hydrogen (secondary N) is 7. The first-order chi connectivity index (χ1) is 33.1. The van der Waals surface area contributed by atoms with Gasteiger partial charge in [0.2, 0.25) is 35.4 Å². The van der Waals surface area contributed by atoms with Crippen molar-refractivity contribution in [3.05, 3.63) is 0 Å². The molecule has 29 nitrogen and oxygen atoms in total. The first kappa shape index (κ1) is 71.3. The number of thioether (sulfide) groups is 2. The van der Waals surface area contributed by atoms with Gasteiger partial charge in [0, 0.05) is 56.1 Å². The summed E-state index contributed by atoms with van der Waals surface area (Å²) in [4.78, 5) is 153. The van der Waals surface area contributed by atoms with Crippen LogP contribution >= 0.6 is 23.5 Å². The summed E-state index contributed by atoms with van der Waals surface area (Å²) in [6.45, 7) is 3.64. The molecular weight excluding hydrogens is 995 g/mol. The third-order valence-electron chi connectivity index (χ3n) is 9.23. The molecule has 0 saturated heterocycles. The fourth-order valence-corrected chi connectivity index (χ4v) is 6.05. The zero-order chi connectivity index (χ0) is 56.0. The van der Waals surface area contributed by atoms with Crippen LogP contribution in [0.15, 0.2) is 0 Å². The summed E-state index contributed by atoms with van der Waals surface area (Å²) in [6, 6.07) is -2.80. The molecule has 0 aliphatic heterocycles. The summed E-state index contributed by atoms with van der Waals surface area (Å²) >= 11 is 2.48. The van der Waals surface area contributed by atoms with Gasteiger partial charge >= 0.3 is 36.0 Å². The second-order valence-electron chi connectivity index (χ2n) is 14.6. The molecule has 15 N–H and O–H groups in total. The van der Waals surface area contributed by atoms with Gasteiger partial charge in [-0.25, -0.2) is 24.0 Å². The highest BCUT2D eigenvalue weighted by Crippen LogP contribution is 2.14. The SMILES string of the molecule is CCC(CC(=O)NCC(O)C(=O)O)C(=O)NC.CCC(CC(=O)NCC(O)C(=O)O)C(=O)NC(CSC)C(=O)O.CNC(C)C(=O)CC(CC(=O)NCC(O)C(=O)O)C(=O)NC(CSC)C(=O)O.O=C=O. The molecular formula is C40H67N7O22S2. The molecule has 9 atom stereocenters. The molecule has 0 radical (unpaired) electrons. The summed E-state index contributed by atoms with van der Waals surface area (Å²) < 4.78 is 0. The standard InChI is InChI=1S/C16H27N3O8S.C13H22N2O7S.C10H18N2O5.CO2/c1-8(17-2)11(20)4-9(5-13(22)18-6-12(21)16(26)27)14(23)19-10(7-28-3)15(24)25;1-3-7(4-10(17)14-5-9(16)13(21)22)11(18)15-8(6-23-2)12(19)20;1-3-6(9(15)11-2)4-8(14)12-5-7(13)10(16)17;2-1-3/h8-10,12,17,21H,4-7H2,1-3H3,(H,18,22)(H,19,23)(H,24,25)(H,26,27);7-9,16H,3-6H2,1-2H3,(H,14,17)(H,15,18)(H,19,20)(H,21,22);6-7,13H,3-5H2,1-2H3,(H,11,15)(H,12,14)(H,16,17);. The first-order valence-electron chi connectivity index (χ1n) is 21.1. The Kier molecular flexibility index (Phi) is 41.7. The number of carboxylic acid groups (broad SMARTS) is 5. The maximum Gasteiger partial charge on any atom is 0.373 e. The second-order valence-corrected chi connectivity index (χ2v) is 16.4. The number of Topliss-reactive ketones (excluding diaryl/α,β-unsaturated/α-hetero) is 1. The lowest BCUT2D eigenvalue weighted by atomic mass is 9.94. The smallest absolute Gasteiger partial charge is 0.373 e. The molecule has 0 aromatic carbocycles. The molecule has 9 unspecified atom stereocenters. The Morgan fingerprint density at radius 3 is 1.04 bits per heavy atom. The fraction of sp³-hybridized carbons (Fsp3) is 0.675. The number of carbonyl (C=O) groups excluding carboxylic acids is 9. The van der Waals surface area contributed by atoms with Gasteiger partial charge in [0.05, 0.1) is 31.6 Å². The Labute approximate surface area is 416 Å². The summed E-state index contributed by atoms with van der Waals surface area (Å²) in [5, 5.41) is 87.3. The molecule has 0 aliphatic rings. The number of carbonyl (C=O) groups is 12. The topological polar surface area (TPSA) is 485 Å². The molecule has 6 amide bonds. The van der Waals surface area contributed by atoms with Crippen molar-refractivity contribution < 1.29 is 108 Å². The number of carboxylic acids is 5. The van der Waals surface area contributed by atoms with Gasteiger partial charge in [-0.1, -0.05) is 13.8 Å². The van der Waals surface area contributed by atoms with Crippen molar-refractivity contribution in [1.29, 1.82) is 0 Å². The molecule has 0 aliphatic carbocycles.